The Hall–Kier alpha value is -2.86. The van der Waals surface area contributed by atoms with E-state index in [1.807, 2.05) is 29.8 Å². The fourth-order valence-corrected chi connectivity index (χ4v) is 3.86. The zero-order valence-corrected chi connectivity index (χ0v) is 18.6. The van der Waals surface area contributed by atoms with Crippen LogP contribution in [0.2, 0.25) is 0 Å². The Balaban J connectivity index is 2.13. The first-order valence-electron chi connectivity index (χ1n) is 9.52. The largest absolute Gasteiger partial charge is 0.493 e. The van der Waals surface area contributed by atoms with E-state index in [0.29, 0.717) is 11.5 Å². The summed E-state index contributed by atoms with van der Waals surface area (Å²) >= 11 is 1.60. The molecule has 0 saturated carbocycles. The van der Waals surface area contributed by atoms with Crippen molar-refractivity contribution in [3.05, 3.63) is 63.8 Å². The predicted octanol–water partition coefficient (Wildman–Crippen LogP) is 5.12. The fraction of sp³-hybridized carbons (Fsp3) is 0.304. The van der Waals surface area contributed by atoms with Gasteiger partial charge in [-0.2, -0.15) is 5.10 Å². The van der Waals surface area contributed by atoms with Gasteiger partial charge in [0.1, 0.15) is 0 Å². The maximum absolute atomic E-state index is 5.44. The Labute approximate surface area is 176 Å². The van der Waals surface area contributed by atoms with Crippen LogP contribution in [0.5, 0.6) is 11.5 Å². The van der Waals surface area contributed by atoms with E-state index in [4.69, 9.17) is 19.6 Å². The lowest BCUT2D eigenvalue weighted by molar-refractivity contribution is 0.355. The second kappa shape index (κ2) is 9.09. The quantitative estimate of drug-likeness (QED) is 0.530. The molecule has 0 unspecified atom stereocenters. The number of hydrogen-bond donors (Lipinski definition) is 0. The molecule has 0 radical (unpaired) electrons. The minimum absolute atomic E-state index is 0.183. The smallest absolute Gasteiger partial charge is 0.206 e. The highest BCUT2D eigenvalue weighted by molar-refractivity contribution is 7.07. The number of thiazole rings is 1. The van der Waals surface area contributed by atoms with Gasteiger partial charge in [-0.1, -0.05) is 29.8 Å². The summed E-state index contributed by atoms with van der Waals surface area (Å²) in [7, 11) is 3.27. The van der Waals surface area contributed by atoms with Gasteiger partial charge in [0.05, 0.1) is 25.6 Å². The topological polar surface area (TPSA) is 48.1 Å². The molecule has 29 heavy (non-hydrogen) atoms. The van der Waals surface area contributed by atoms with Crippen molar-refractivity contribution in [2.45, 2.75) is 33.7 Å². The van der Waals surface area contributed by atoms with E-state index in [9.17, 15) is 0 Å². The first kappa shape index (κ1) is 20.9. The van der Waals surface area contributed by atoms with Crippen LogP contribution in [0.15, 0.2) is 57.9 Å². The number of hydrogen-bond acceptors (Lipinski definition) is 5. The number of ether oxygens (including phenoxy) is 2. The maximum Gasteiger partial charge on any atom is 0.206 e. The molecule has 1 aromatic heterocycles. The van der Waals surface area contributed by atoms with Crippen molar-refractivity contribution >= 4 is 17.0 Å². The van der Waals surface area contributed by atoms with Gasteiger partial charge in [0, 0.05) is 22.5 Å². The van der Waals surface area contributed by atoms with Crippen LogP contribution in [0.1, 0.15) is 31.9 Å². The van der Waals surface area contributed by atoms with Crippen molar-refractivity contribution in [3.8, 4) is 22.8 Å². The number of nitrogens with zero attached hydrogens (tertiary/aromatic N) is 3. The van der Waals surface area contributed by atoms with Gasteiger partial charge in [0.2, 0.25) is 4.80 Å². The van der Waals surface area contributed by atoms with Gasteiger partial charge in [0.25, 0.3) is 0 Å². The Morgan fingerprint density at radius 1 is 1.00 bits per heavy atom. The molecule has 0 N–H and O–H groups in total. The van der Waals surface area contributed by atoms with Crippen LogP contribution >= 0.6 is 11.3 Å². The van der Waals surface area contributed by atoms with Gasteiger partial charge >= 0.3 is 0 Å². The molecular formula is C23H27N3O2S. The molecule has 0 aliphatic heterocycles. The van der Waals surface area contributed by atoms with Gasteiger partial charge in [-0.25, -0.2) is 4.68 Å². The van der Waals surface area contributed by atoms with Crippen LogP contribution in [0, 0.1) is 6.92 Å². The summed E-state index contributed by atoms with van der Waals surface area (Å²) in [6.45, 7) is 8.22. The average molecular weight is 410 g/mol. The number of aryl methyl sites for hydroxylation is 1. The molecule has 6 heteroatoms. The van der Waals surface area contributed by atoms with Gasteiger partial charge in [0.15, 0.2) is 11.5 Å². The summed E-state index contributed by atoms with van der Waals surface area (Å²) in [6.07, 6.45) is 0. The fourth-order valence-electron chi connectivity index (χ4n) is 2.90. The molecule has 0 aliphatic carbocycles. The van der Waals surface area contributed by atoms with Crippen LogP contribution in [0.4, 0.5) is 0 Å². The van der Waals surface area contributed by atoms with E-state index in [1.165, 1.54) is 5.56 Å². The SMILES string of the molecule is COc1ccc(C(C)=Nn2c(-c3ccc(C)cc3)csc2=NC(C)C)cc1OC. The summed E-state index contributed by atoms with van der Waals surface area (Å²) in [6, 6.07) is 14.5. The van der Waals surface area contributed by atoms with Crippen LogP contribution in [0.3, 0.4) is 0 Å². The van der Waals surface area contributed by atoms with E-state index >= 15 is 0 Å². The van der Waals surface area contributed by atoms with Crippen LogP contribution in [-0.4, -0.2) is 30.6 Å². The minimum Gasteiger partial charge on any atom is -0.493 e. The molecule has 5 nitrogen and oxygen atoms in total. The molecule has 1 heterocycles. The zero-order valence-electron chi connectivity index (χ0n) is 17.8. The van der Waals surface area contributed by atoms with E-state index < -0.39 is 0 Å². The first-order valence-corrected chi connectivity index (χ1v) is 10.4. The average Bonchev–Trinajstić information content (AvgIpc) is 3.09. The molecule has 0 fully saturated rings. The second-order valence-corrected chi connectivity index (χ2v) is 7.90. The summed E-state index contributed by atoms with van der Waals surface area (Å²) in [5.74, 6) is 1.38. The molecule has 0 amide bonds. The van der Waals surface area contributed by atoms with Crippen LogP contribution < -0.4 is 14.3 Å². The third kappa shape index (κ3) is 4.77. The van der Waals surface area contributed by atoms with Gasteiger partial charge in [-0.15, -0.1) is 11.3 Å². The minimum atomic E-state index is 0.183. The monoisotopic (exact) mass is 409 g/mol. The molecule has 152 valence electrons. The molecule has 0 bridgehead atoms. The molecule has 3 rings (SSSR count). The van der Waals surface area contributed by atoms with Crippen molar-refractivity contribution in [2.75, 3.05) is 14.2 Å². The molecule has 0 saturated heterocycles. The molecule has 2 aromatic carbocycles. The zero-order chi connectivity index (χ0) is 21.0. The highest BCUT2D eigenvalue weighted by Gasteiger charge is 2.11. The Bertz CT molecular complexity index is 1080. The van der Waals surface area contributed by atoms with Crippen molar-refractivity contribution in [3.63, 3.8) is 0 Å². The third-order valence-electron chi connectivity index (χ3n) is 4.45. The number of benzene rings is 2. The van der Waals surface area contributed by atoms with Crippen molar-refractivity contribution in [2.24, 2.45) is 10.1 Å². The lowest BCUT2D eigenvalue weighted by atomic mass is 10.1. The van der Waals surface area contributed by atoms with Gasteiger partial charge < -0.3 is 9.47 Å². The number of methoxy groups -OCH3 is 2. The highest BCUT2D eigenvalue weighted by atomic mass is 32.1. The van der Waals surface area contributed by atoms with Crippen molar-refractivity contribution in [1.29, 1.82) is 0 Å². The Kier molecular flexibility index (Phi) is 6.54. The van der Waals surface area contributed by atoms with Crippen LogP contribution in [-0.2, 0) is 0 Å². The molecule has 3 aromatic rings. The van der Waals surface area contributed by atoms with E-state index in [2.05, 4.69) is 50.4 Å². The normalized spacial score (nSPS) is 12.5. The summed E-state index contributed by atoms with van der Waals surface area (Å²) in [4.78, 5) is 5.63. The van der Waals surface area contributed by atoms with E-state index in [1.54, 1.807) is 25.6 Å². The van der Waals surface area contributed by atoms with Crippen molar-refractivity contribution in [1.82, 2.24) is 4.68 Å². The van der Waals surface area contributed by atoms with Gasteiger partial charge in [-0.3, -0.25) is 4.99 Å². The lowest BCUT2D eigenvalue weighted by Gasteiger charge is -2.10. The summed E-state index contributed by atoms with van der Waals surface area (Å²) in [5.41, 5.74) is 5.19. The highest BCUT2D eigenvalue weighted by Crippen LogP contribution is 2.28. The second-order valence-electron chi connectivity index (χ2n) is 7.06. The summed E-state index contributed by atoms with van der Waals surface area (Å²) < 4.78 is 12.7. The van der Waals surface area contributed by atoms with Crippen molar-refractivity contribution < 1.29 is 9.47 Å². The molecule has 0 atom stereocenters. The first-order chi connectivity index (χ1) is 13.9. The maximum atomic E-state index is 5.44. The molecule has 0 spiro atoms. The Morgan fingerprint density at radius 2 is 1.69 bits per heavy atom. The standard InChI is InChI=1S/C23H27N3O2S/c1-15(2)24-23-26(20(14-29-23)18-9-7-16(3)8-10-18)25-17(4)19-11-12-21(27-5)22(13-19)28-6/h7-15H,1-6H3. The predicted molar refractivity (Wildman–Crippen MR) is 120 cm³/mol. The van der Waals surface area contributed by atoms with E-state index in [0.717, 1.165) is 27.3 Å². The number of rotatable bonds is 6. The van der Waals surface area contributed by atoms with Gasteiger partial charge in [-0.05, 0) is 45.9 Å². The third-order valence-corrected chi connectivity index (χ3v) is 5.28. The molecular weight excluding hydrogens is 382 g/mol. The summed E-state index contributed by atoms with van der Waals surface area (Å²) in [5, 5.41) is 7.03. The lowest BCUT2D eigenvalue weighted by Crippen LogP contribution is -2.16. The van der Waals surface area contributed by atoms with E-state index in [-0.39, 0.29) is 6.04 Å². The molecule has 0 aliphatic rings. The van der Waals surface area contributed by atoms with Crippen LogP contribution in [0.25, 0.3) is 11.3 Å². The Morgan fingerprint density at radius 3 is 2.31 bits per heavy atom. The number of aromatic nitrogens is 1.